The highest BCUT2D eigenvalue weighted by atomic mass is 32.2. The number of hydroxylamine groups is 2. The minimum absolute atomic E-state index is 0.0208. The van der Waals surface area contributed by atoms with E-state index in [0.29, 0.717) is 24.2 Å². The summed E-state index contributed by atoms with van der Waals surface area (Å²) in [5, 5.41) is -4.31. The van der Waals surface area contributed by atoms with E-state index in [1.54, 1.807) is 12.2 Å². The van der Waals surface area contributed by atoms with Gasteiger partial charge in [-0.2, -0.15) is 21.8 Å². The van der Waals surface area contributed by atoms with Crippen LogP contribution < -0.4 is 0 Å². The van der Waals surface area contributed by atoms with Crippen molar-refractivity contribution in [2.75, 3.05) is 13.7 Å². The van der Waals surface area contributed by atoms with Crippen molar-refractivity contribution in [1.82, 2.24) is 5.06 Å². The number of hydrogen-bond donors (Lipinski definition) is 0. The van der Waals surface area contributed by atoms with Gasteiger partial charge in [-0.05, 0) is 6.42 Å². The number of ether oxygens (including phenoxy) is 2. The van der Waals surface area contributed by atoms with E-state index in [1.807, 2.05) is 6.92 Å². The summed E-state index contributed by atoms with van der Waals surface area (Å²) in [5.41, 5.74) is 0. The third-order valence-corrected chi connectivity index (χ3v) is 5.60. The number of alkyl halides is 4. The van der Waals surface area contributed by atoms with Gasteiger partial charge >= 0.3 is 17.1 Å². The van der Waals surface area contributed by atoms with Gasteiger partial charge in [-0.1, -0.05) is 25.5 Å². The van der Waals surface area contributed by atoms with E-state index in [4.69, 9.17) is 4.74 Å². The lowest BCUT2D eigenvalue weighted by Crippen LogP contribution is -2.43. The Morgan fingerprint density at radius 1 is 1.23 bits per heavy atom. The average molecular weight is 457 g/mol. The van der Waals surface area contributed by atoms with Crippen molar-refractivity contribution in [2.45, 2.75) is 56.0 Å². The normalized spacial score (nSPS) is 25.4. The van der Waals surface area contributed by atoms with Crippen molar-refractivity contribution in [2.24, 2.45) is 11.8 Å². The molecule has 0 N–H and O–H groups in total. The highest BCUT2D eigenvalue weighted by Gasteiger charge is 2.58. The first-order valence-corrected chi connectivity index (χ1v) is 10.1. The third kappa shape index (κ3) is 5.52. The van der Waals surface area contributed by atoms with Gasteiger partial charge in [0.05, 0.1) is 37.1 Å². The Balaban J connectivity index is 1.85. The molecular weight excluding hydrogens is 434 g/mol. The van der Waals surface area contributed by atoms with Crippen molar-refractivity contribution in [3.8, 4) is 0 Å². The number of aldehydes is 1. The van der Waals surface area contributed by atoms with Crippen LogP contribution in [0.2, 0.25) is 0 Å². The molecule has 1 fully saturated rings. The topological polar surface area (TPSA) is 82.1 Å². The van der Waals surface area contributed by atoms with Crippen molar-refractivity contribution in [1.29, 1.82) is 0 Å². The number of unbranched alkanes of at least 4 members (excludes halogenated alkanes) is 1. The molecule has 0 aromatic heterocycles. The number of amides is 1. The van der Waals surface area contributed by atoms with Crippen molar-refractivity contribution < 1.29 is 45.7 Å². The maximum Gasteiger partial charge on any atom is 0.382 e. The fourth-order valence-electron chi connectivity index (χ4n) is 3.05. The fourth-order valence-corrected chi connectivity index (χ4v) is 3.55. The first kappa shape index (κ1) is 24.6. The molecule has 0 aromatic rings. The Hall–Kier alpha value is -1.66. The predicted octanol–water partition coefficient (Wildman–Crippen LogP) is 3.14. The van der Waals surface area contributed by atoms with Crippen molar-refractivity contribution >= 4 is 30.2 Å². The van der Waals surface area contributed by atoms with Crippen LogP contribution in [0.15, 0.2) is 12.2 Å². The summed E-state index contributed by atoms with van der Waals surface area (Å²) < 4.78 is 70.1. The lowest BCUT2D eigenvalue weighted by molar-refractivity contribution is -0.177. The van der Waals surface area contributed by atoms with Gasteiger partial charge in [-0.3, -0.25) is 9.59 Å². The number of carbonyl (C=O) groups excluding carboxylic acids is 3. The Morgan fingerprint density at radius 2 is 1.90 bits per heavy atom. The summed E-state index contributed by atoms with van der Waals surface area (Å²) in [4.78, 5) is 34.9. The number of rotatable bonds is 12. The molecule has 4 atom stereocenters. The molecule has 0 saturated carbocycles. The minimum atomic E-state index is -4.70. The second-order valence-corrected chi connectivity index (χ2v) is 7.81. The molecule has 0 aromatic carbocycles. The van der Waals surface area contributed by atoms with Gasteiger partial charge in [0.1, 0.15) is 18.3 Å². The zero-order chi connectivity index (χ0) is 22.5. The quantitative estimate of drug-likeness (QED) is 0.111. The smallest absolute Gasteiger partial charge is 0.382 e. The number of hydrogen-bond acceptors (Lipinski definition) is 7. The second kappa shape index (κ2) is 10.1. The molecule has 12 heteroatoms. The van der Waals surface area contributed by atoms with E-state index >= 15 is 0 Å². The van der Waals surface area contributed by atoms with Gasteiger partial charge in [0.25, 0.3) is 5.91 Å². The first-order valence-electron chi connectivity index (χ1n) is 9.37. The SMILES string of the molecule is CCCCC(=O)OCCC(F)(F)C(F)(F)SON(C)C(=O)C1C2C=CC(O2)C1C=O. The van der Waals surface area contributed by atoms with Gasteiger partial charge in [-0.15, -0.1) is 0 Å². The zero-order valence-corrected chi connectivity index (χ0v) is 17.2. The van der Waals surface area contributed by atoms with Gasteiger partial charge in [-0.25, -0.2) is 5.06 Å². The van der Waals surface area contributed by atoms with E-state index in [0.717, 1.165) is 7.05 Å². The van der Waals surface area contributed by atoms with E-state index < -0.39 is 72.2 Å². The number of carbonyl (C=O) groups is 3. The van der Waals surface area contributed by atoms with Crippen molar-refractivity contribution in [3.05, 3.63) is 12.2 Å². The lowest BCUT2D eigenvalue weighted by Gasteiger charge is -2.28. The maximum atomic E-state index is 13.9. The van der Waals surface area contributed by atoms with E-state index in [9.17, 15) is 31.9 Å². The van der Waals surface area contributed by atoms with Crippen LogP contribution in [0.1, 0.15) is 32.6 Å². The molecule has 1 saturated heterocycles. The number of nitrogens with zero attached hydrogens (tertiary/aromatic N) is 1. The summed E-state index contributed by atoms with van der Waals surface area (Å²) in [7, 11) is 0.983. The maximum absolute atomic E-state index is 13.9. The monoisotopic (exact) mass is 457 g/mol. The van der Waals surface area contributed by atoms with Crippen LogP contribution in [-0.4, -0.2) is 60.3 Å². The predicted molar refractivity (Wildman–Crippen MR) is 97.3 cm³/mol. The highest BCUT2D eigenvalue weighted by molar-refractivity contribution is 7.95. The molecule has 0 aliphatic carbocycles. The van der Waals surface area contributed by atoms with Crippen LogP contribution in [-0.2, 0) is 28.1 Å². The van der Waals surface area contributed by atoms with Crippen LogP contribution in [0.25, 0.3) is 0 Å². The molecule has 2 aliphatic heterocycles. The Labute approximate surface area is 175 Å². The summed E-state index contributed by atoms with van der Waals surface area (Å²) in [6.07, 6.45) is 2.22. The van der Waals surface area contributed by atoms with Crippen LogP contribution in [0.3, 0.4) is 0 Å². The van der Waals surface area contributed by atoms with Crippen molar-refractivity contribution in [3.63, 3.8) is 0 Å². The summed E-state index contributed by atoms with van der Waals surface area (Å²) in [6, 6.07) is 0. The molecule has 2 heterocycles. The van der Waals surface area contributed by atoms with Crippen LogP contribution in [0, 0.1) is 11.8 Å². The van der Waals surface area contributed by atoms with Crippen LogP contribution in [0.4, 0.5) is 17.6 Å². The standard InChI is InChI=1S/C18H23F4NO6S/c1-3-4-5-14(25)27-9-8-17(19,20)18(21,22)30-29-23(2)16(26)15-11(10-24)12-6-7-13(15)28-12/h6-7,10-13,15H,3-5,8-9H2,1-2H3. The zero-order valence-electron chi connectivity index (χ0n) is 16.4. The lowest BCUT2D eigenvalue weighted by atomic mass is 9.83. The largest absolute Gasteiger partial charge is 0.465 e. The summed E-state index contributed by atoms with van der Waals surface area (Å²) in [6.45, 7) is 0.942. The van der Waals surface area contributed by atoms with Gasteiger partial charge < -0.3 is 14.3 Å². The number of esters is 1. The molecule has 1 amide bonds. The molecule has 2 rings (SSSR count). The molecule has 0 radical (unpaired) electrons. The van der Waals surface area contributed by atoms with Gasteiger partial charge in [0.15, 0.2) is 0 Å². The molecule has 2 aliphatic rings. The fraction of sp³-hybridized carbons (Fsp3) is 0.722. The van der Waals surface area contributed by atoms with Gasteiger partial charge in [0, 0.05) is 13.5 Å². The van der Waals surface area contributed by atoms with E-state index in [-0.39, 0.29) is 6.42 Å². The van der Waals surface area contributed by atoms with E-state index in [1.165, 1.54) is 0 Å². The van der Waals surface area contributed by atoms with E-state index in [2.05, 4.69) is 9.02 Å². The molecule has 0 spiro atoms. The minimum Gasteiger partial charge on any atom is -0.465 e. The number of halogens is 4. The Bertz CT molecular complexity index is 677. The summed E-state index contributed by atoms with van der Waals surface area (Å²) in [5.74, 6) is -7.94. The van der Waals surface area contributed by atoms with Crippen LogP contribution in [0.5, 0.6) is 0 Å². The third-order valence-electron chi connectivity index (χ3n) is 4.80. The summed E-state index contributed by atoms with van der Waals surface area (Å²) >= 11 is -0.883. The average Bonchev–Trinajstić information content (AvgIpc) is 3.30. The molecule has 2 bridgehead atoms. The molecule has 170 valence electrons. The first-order chi connectivity index (χ1) is 14.0. The molecule has 7 nitrogen and oxygen atoms in total. The molecule has 30 heavy (non-hydrogen) atoms. The Morgan fingerprint density at radius 3 is 2.53 bits per heavy atom. The molecular formula is C18H23F4NO6S. The van der Waals surface area contributed by atoms with Gasteiger partial charge in [0.2, 0.25) is 0 Å². The second-order valence-electron chi connectivity index (χ2n) is 6.98. The highest BCUT2D eigenvalue weighted by Crippen LogP contribution is 2.46. The Kier molecular flexibility index (Phi) is 8.28. The van der Waals surface area contributed by atoms with Crippen LogP contribution >= 0.6 is 12.0 Å². The number of fused-ring (bicyclic) bond motifs is 2. The molecule has 4 unspecified atom stereocenters.